The van der Waals surface area contributed by atoms with Crippen LogP contribution in [0.1, 0.15) is 39.2 Å². The van der Waals surface area contributed by atoms with Gasteiger partial charge in [-0.05, 0) is 11.5 Å². The SMILES string of the molecule is CC.CC(C)c1ccccc1. The highest BCUT2D eigenvalue weighted by Gasteiger charge is 1.93. The molecule has 0 aliphatic heterocycles. The Hall–Kier alpha value is -0.780. The van der Waals surface area contributed by atoms with E-state index in [1.165, 1.54) is 5.56 Å². The minimum atomic E-state index is 0.659. The summed E-state index contributed by atoms with van der Waals surface area (Å²) in [5.74, 6) is 0.659. The van der Waals surface area contributed by atoms with E-state index in [4.69, 9.17) is 0 Å². The Bertz CT molecular complexity index is 163. The van der Waals surface area contributed by atoms with Gasteiger partial charge in [0.05, 0.1) is 0 Å². The maximum absolute atomic E-state index is 2.20. The van der Waals surface area contributed by atoms with Crippen molar-refractivity contribution >= 4 is 0 Å². The van der Waals surface area contributed by atoms with Crippen molar-refractivity contribution in [3.05, 3.63) is 35.9 Å². The first-order chi connectivity index (χ1) is 5.30. The summed E-state index contributed by atoms with van der Waals surface area (Å²) in [4.78, 5) is 0. The highest BCUT2D eigenvalue weighted by Crippen LogP contribution is 2.11. The van der Waals surface area contributed by atoms with E-state index in [1.54, 1.807) is 0 Å². The van der Waals surface area contributed by atoms with Crippen LogP contribution in [0, 0.1) is 0 Å². The van der Waals surface area contributed by atoms with Gasteiger partial charge in [-0.3, -0.25) is 0 Å². The molecule has 0 heteroatoms. The lowest BCUT2D eigenvalue weighted by atomic mass is 10.0. The van der Waals surface area contributed by atoms with Gasteiger partial charge in [0.25, 0.3) is 0 Å². The van der Waals surface area contributed by atoms with E-state index in [1.807, 2.05) is 19.9 Å². The maximum atomic E-state index is 2.20. The standard InChI is InChI=1S/C9H12.C2H6/c1-8(2)9-6-4-3-5-7-9;1-2/h3-8H,1-2H3;1-2H3. The molecule has 0 aliphatic carbocycles. The molecule has 0 amide bonds. The fourth-order valence-electron chi connectivity index (χ4n) is 0.838. The van der Waals surface area contributed by atoms with Crippen molar-refractivity contribution in [3.63, 3.8) is 0 Å². The van der Waals surface area contributed by atoms with Crippen molar-refractivity contribution in [2.75, 3.05) is 0 Å². The molecule has 0 heterocycles. The summed E-state index contributed by atoms with van der Waals surface area (Å²) in [7, 11) is 0. The molecule has 0 radical (unpaired) electrons. The molecule has 0 fully saturated rings. The predicted octanol–water partition coefficient (Wildman–Crippen LogP) is 3.84. The second kappa shape index (κ2) is 5.96. The first-order valence-electron chi connectivity index (χ1n) is 4.35. The molecule has 0 bridgehead atoms. The average molecular weight is 150 g/mol. The van der Waals surface area contributed by atoms with Crippen LogP contribution in [0.4, 0.5) is 0 Å². The zero-order valence-corrected chi connectivity index (χ0v) is 7.96. The number of hydrogen-bond acceptors (Lipinski definition) is 0. The zero-order valence-electron chi connectivity index (χ0n) is 7.96. The Morgan fingerprint density at radius 1 is 0.909 bits per heavy atom. The summed E-state index contributed by atoms with van der Waals surface area (Å²) < 4.78 is 0. The van der Waals surface area contributed by atoms with E-state index in [9.17, 15) is 0 Å². The third kappa shape index (κ3) is 3.82. The molecule has 0 nitrogen and oxygen atoms in total. The van der Waals surface area contributed by atoms with Crippen LogP contribution in [0.15, 0.2) is 30.3 Å². The van der Waals surface area contributed by atoms with Gasteiger partial charge in [0.15, 0.2) is 0 Å². The van der Waals surface area contributed by atoms with Crippen molar-refractivity contribution in [1.82, 2.24) is 0 Å². The van der Waals surface area contributed by atoms with E-state index in [2.05, 4.69) is 38.1 Å². The van der Waals surface area contributed by atoms with Crippen molar-refractivity contribution < 1.29 is 0 Å². The average Bonchev–Trinajstić information content (AvgIpc) is 2.10. The topological polar surface area (TPSA) is 0 Å². The molecule has 11 heavy (non-hydrogen) atoms. The highest BCUT2D eigenvalue weighted by atomic mass is 14.0. The summed E-state index contributed by atoms with van der Waals surface area (Å²) in [6.45, 7) is 8.41. The third-order valence-corrected chi connectivity index (χ3v) is 1.47. The number of rotatable bonds is 1. The maximum Gasteiger partial charge on any atom is -0.0219 e. The van der Waals surface area contributed by atoms with Gasteiger partial charge in [0.2, 0.25) is 0 Å². The molecule has 1 rings (SSSR count). The van der Waals surface area contributed by atoms with Gasteiger partial charge in [-0.15, -0.1) is 0 Å². The Balaban J connectivity index is 0.000000461. The van der Waals surface area contributed by atoms with Crippen LogP contribution in [0.3, 0.4) is 0 Å². The van der Waals surface area contributed by atoms with Gasteiger partial charge in [-0.25, -0.2) is 0 Å². The number of benzene rings is 1. The lowest BCUT2D eigenvalue weighted by molar-refractivity contribution is 0.867. The molecule has 0 saturated heterocycles. The Morgan fingerprint density at radius 3 is 1.64 bits per heavy atom. The molecule has 0 N–H and O–H groups in total. The molecule has 62 valence electrons. The third-order valence-electron chi connectivity index (χ3n) is 1.47. The van der Waals surface area contributed by atoms with Crippen LogP contribution < -0.4 is 0 Å². The van der Waals surface area contributed by atoms with Crippen molar-refractivity contribution in [2.45, 2.75) is 33.6 Å². The quantitative estimate of drug-likeness (QED) is 0.570. The van der Waals surface area contributed by atoms with Gasteiger partial charge < -0.3 is 0 Å². The molecule has 0 atom stereocenters. The first-order valence-corrected chi connectivity index (χ1v) is 4.35. The van der Waals surface area contributed by atoms with Crippen LogP contribution >= 0.6 is 0 Å². The molecule has 0 aliphatic rings. The van der Waals surface area contributed by atoms with E-state index < -0.39 is 0 Å². The smallest absolute Gasteiger partial charge is 0.0219 e. The predicted molar refractivity (Wildman–Crippen MR) is 51.9 cm³/mol. The number of hydrogen-bond donors (Lipinski definition) is 0. The van der Waals surface area contributed by atoms with Crippen LogP contribution in [0.5, 0.6) is 0 Å². The van der Waals surface area contributed by atoms with Crippen molar-refractivity contribution in [1.29, 1.82) is 0 Å². The second-order valence-corrected chi connectivity index (χ2v) is 2.57. The Labute approximate surface area is 70.3 Å². The summed E-state index contributed by atoms with van der Waals surface area (Å²) in [5.41, 5.74) is 1.41. The zero-order chi connectivity index (χ0) is 8.69. The summed E-state index contributed by atoms with van der Waals surface area (Å²) in [6, 6.07) is 10.5. The molecule has 0 aromatic heterocycles. The molecule has 0 spiro atoms. The lowest BCUT2D eigenvalue weighted by Crippen LogP contribution is -1.83. The van der Waals surface area contributed by atoms with Gasteiger partial charge in [-0.2, -0.15) is 0 Å². The van der Waals surface area contributed by atoms with Gasteiger partial charge in [-0.1, -0.05) is 58.0 Å². The van der Waals surface area contributed by atoms with E-state index in [-0.39, 0.29) is 0 Å². The van der Waals surface area contributed by atoms with Gasteiger partial charge in [0, 0.05) is 0 Å². The second-order valence-electron chi connectivity index (χ2n) is 2.57. The van der Waals surface area contributed by atoms with Gasteiger partial charge in [0.1, 0.15) is 0 Å². The molecular formula is C11H18. The van der Waals surface area contributed by atoms with Crippen LogP contribution in [-0.4, -0.2) is 0 Å². The minimum absolute atomic E-state index is 0.659. The summed E-state index contributed by atoms with van der Waals surface area (Å²) in [5, 5.41) is 0. The highest BCUT2D eigenvalue weighted by molar-refractivity contribution is 5.17. The summed E-state index contributed by atoms with van der Waals surface area (Å²) in [6.07, 6.45) is 0. The van der Waals surface area contributed by atoms with Crippen molar-refractivity contribution in [3.8, 4) is 0 Å². The minimum Gasteiger partial charge on any atom is -0.0683 e. The summed E-state index contributed by atoms with van der Waals surface area (Å²) >= 11 is 0. The van der Waals surface area contributed by atoms with E-state index >= 15 is 0 Å². The van der Waals surface area contributed by atoms with Crippen LogP contribution in [-0.2, 0) is 0 Å². The van der Waals surface area contributed by atoms with E-state index in [0.29, 0.717) is 5.92 Å². The largest absolute Gasteiger partial charge is 0.0683 e. The molecule has 1 aromatic carbocycles. The van der Waals surface area contributed by atoms with Gasteiger partial charge >= 0.3 is 0 Å². The van der Waals surface area contributed by atoms with Crippen LogP contribution in [0.25, 0.3) is 0 Å². The first kappa shape index (κ1) is 10.2. The Kier molecular flexibility index (Phi) is 5.54. The lowest BCUT2D eigenvalue weighted by Gasteiger charge is -2.01. The molecular weight excluding hydrogens is 132 g/mol. The van der Waals surface area contributed by atoms with Crippen LogP contribution in [0.2, 0.25) is 0 Å². The fourth-order valence-corrected chi connectivity index (χ4v) is 0.838. The molecule has 0 unspecified atom stereocenters. The fraction of sp³-hybridized carbons (Fsp3) is 0.455. The normalized spacial score (nSPS) is 8.82. The molecule has 1 aromatic rings. The monoisotopic (exact) mass is 150 g/mol. The van der Waals surface area contributed by atoms with E-state index in [0.717, 1.165) is 0 Å². The van der Waals surface area contributed by atoms with Crippen molar-refractivity contribution in [2.24, 2.45) is 0 Å². The molecule has 0 saturated carbocycles. The Morgan fingerprint density at radius 2 is 1.36 bits per heavy atom.